The number of furan rings is 2. The minimum Gasteiger partial charge on any atom is -0.454 e. The second kappa shape index (κ2) is 16.7. The molecular formula is C72H66N2O2. The van der Waals surface area contributed by atoms with E-state index in [-0.39, 0.29) is 21.7 Å². The number of rotatable bonds is 6. The molecule has 2 heterocycles. The highest BCUT2D eigenvalue weighted by atomic mass is 16.3. The van der Waals surface area contributed by atoms with Gasteiger partial charge in [0.1, 0.15) is 11.2 Å². The summed E-state index contributed by atoms with van der Waals surface area (Å²) in [5.41, 5.74) is 20.1. The Morgan fingerprint density at radius 1 is 0.276 bits per heavy atom. The first kappa shape index (κ1) is 47.6. The zero-order valence-corrected chi connectivity index (χ0v) is 46.0. The van der Waals surface area contributed by atoms with Crippen molar-refractivity contribution < 1.29 is 8.83 Å². The number of nitrogens with zero attached hydrogens (tertiary/aromatic N) is 2. The summed E-state index contributed by atoms with van der Waals surface area (Å²) in [6, 6.07) is 67.4. The largest absolute Gasteiger partial charge is 0.454 e. The van der Waals surface area contributed by atoms with Gasteiger partial charge in [-0.1, -0.05) is 168 Å². The third kappa shape index (κ3) is 7.70. The average Bonchev–Trinajstić information content (AvgIpc) is 3.98. The van der Waals surface area contributed by atoms with Crippen molar-refractivity contribution in [2.75, 3.05) is 9.80 Å². The smallest absolute Gasteiger partial charge is 0.159 e. The van der Waals surface area contributed by atoms with Crippen molar-refractivity contribution in [2.45, 2.75) is 105 Å². The Kier molecular flexibility index (Phi) is 10.5. The number of fused-ring (bicyclic) bond motifs is 12. The first-order valence-electron chi connectivity index (χ1n) is 27.1. The molecule has 0 fully saturated rings. The molecule has 0 saturated carbocycles. The molecule has 12 aromatic rings. The standard InChI is InChI=1S/C72H66N2O2/c1-69(2,3)47-39-59-53-25-19-27-63(67(53)75-65(59)61(41-47)71(7,8)9)73(49-21-15-13-16-22-49)51-31-29-43-35-55-57(37-45(43)33-51)56-36-44-30-32-52(34-46(44)38-58(55)56)74(50-23-17-14-18-24-50)64-28-20-26-54-60-40-48(70(4,5)6)42-62(72(10,11)12)66(60)76-68(54)64/h13-42H,1-12H3. The van der Waals surface area contributed by atoms with E-state index in [0.29, 0.717) is 0 Å². The van der Waals surface area contributed by atoms with E-state index in [9.17, 15) is 0 Å². The van der Waals surface area contributed by atoms with Gasteiger partial charge in [0.25, 0.3) is 0 Å². The van der Waals surface area contributed by atoms with Crippen LogP contribution in [0.3, 0.4) is 0 Å². The van der Waals surface area contributed by atoms with E-state index >= 15 is 0 Å². The highest BCUT2D eigenvalue weighted by Gasteiger charge is 2.31. The summed E-state index contributed by atoms with van der Waals surface area (Å²) in [6.07, 6.45) is 0. The van der Waals surface area contributed by atoms with Crippen LogP contribution in [0.4, 0.5) is 34.1 Å². The Hall–Kier alpha value is -8.08. The fraction of sp³-hybridized carbons (Fsp3) is 0.222. The summed E-state index contributed by atoms with van der Waals surface area (Å²) >= 11 is 0. The third-order valence-electron chi connectivity index (χ3n) is 16.0. The highest BCUT2D eigenvalue weighted by molar-refractivity contribution is 6.15. The lowest BCUT2D eigenvalue weighted by molar-refractivity contribution is 0.558. The third-order valence-corrected chi connectivity index (χ3v) is 16.0. The topological polar surface area (TPSA) is 32.8 Å². The van der Waals surface area contributed by atoms with Crippen molar-refractivity contribution >= 4 is 99.5 Å². The van der Waals surface area contributed by atoms with E-state index in [4.69, 9.17) is 8.83 Å². The van der Waals surface area contributed by atoms with Gasteiger partial charge in [-0.15, -0.1) is 0 Å². The Morgan fingerprint density at radius 3 is 1.00 bits per heavy atom. The van der Waals surface area contributed by atoms with Crippen LogP contribution < -0.4 is 9.80 Å². The van der Waals surface area contributed by atoms with Crippen LogP contribution in [-0.2, 0) is 21.7 Å². The molecule has 0 bridgehead atoms. The molecule has 13 rings (SSSR count). The number of hydrogen-bond donors (Lipinski definition) is 0. The Morgan fingerprint density at radius 2 is 0.645 bits per heavy atom. The first-order valence-corrected chi connectivity index (χ1v) is 27.1. The average molecular weight is 991 g/mol. The van der Waals surface area contributed by atoms with Crippen LogP contribution >= 0.6 is 0 Å². The van der Waals surface area contributed by atoms with Gasteiger partial charge >= 0.3 is 0 Å². The van der Waals surface area contributed by atoms with E-state index in [1.807, 2.05) is 0 Å². The Balaban J connectivity index is 0.906. The molecule has 2 aromatic heterocycles. The highest BCUT2D eigenvalue weighted by Crippen LogP contribution is 2.53. The molecule has 0 unspecified atom stereocenters. The molecule has 0 N–H and O–H groups in total. The van der Waals surface area contributed by atoms with E-state index < -0.39 is 0 Å². The minimum absolute atomic E-state index is 0.0119. The van der Waals surface area contributed by atoms with Gasteiger partial charge < -0.3 is 18.6 Å². The summed E-state index contributed by atoms with van der Waals surface area (Å²) in [7, 11) is 0. The summed E-state index contributed by atoms with van der Waals surface area (Å²) in [5.74, 6) is 0. The molecule has 4 heteroatoms. The normalized spacial score (nSPS) is 13.0. The summed E-state index contributed by atoms with van der Waals surface area (Å²) in [4.78, 5) is 4.73. The Labute approximate surface area is 447 Å². The molecular weight excluding hydrogens is 925 g/mol. The summed E-state index contributed by atoms with van der Waals surface area (Å²) in [6.45, 7) is 27.5. The zero-order valence-electron chi connectivity index (χ0n) is 46.0. The van der Waals surface area contributed by atoms with Crippen molar-refractivity contribution in [3.8, 4) is 22.3 Å². The van der Waals surface area contributed by atoms with Crippen LogP contribution in [0.2, 0.25) is 0 Å². The van der Waals surface area contributed by atoms with Gasteiger partial charge in [-0.2, -0.15) is 0 Å². The fourth-order valence-electron chi connectivity index (χ4n) is 11.8. The molecule has 0 spiro atoms. The number of anilines is 6. The lowest BCUT2D eigenvalue weighted by Gasteiger charge is -2.28. The van der Waals surface area contributed by atoms with Gasteiger partial charge in [0.15, 0.2) is 11.2 Å². The maximum atomic E-state index is 7.11. The SMILES string of the molecule is CC(C)(C)c1cc(C(C)(C)C)c2oc3c(N(c4ccccc4)c4ccc5cc6c(cc5c4)-c4cc5ccc(N(c7ccccc7)c7cccc8c7oc7c(C(C)(C)C)cc(C(C)(C)C)cc78)cc5cc4-6)cccc3c2c1. The van der Waals surface area contributed by atoms with Gasteiger partial charge in [0, 0.05) is 55.4 Å². The van der Waals surface area contributed by atoms with Crippen LogP contribution in [0.15, 0.2) is 191 Å². The zero-order chi connectivity index (χ0) is 52.8. The number of para-hydroxylation sites is 4. The first-order chi connectivity index (χ1) is 36.2. The molecule has 76 heavy (non-hydrogen) atoms. The van der Waals surface area contributed by atoms with Crippen LogP contribution in [0.1, 0.15) is 105 Å². The molecule has 0 atom stereocenters. The molecule has 0 aliphatic heterocycles. The molecule has 1 aliphatic rings. The Bertz CT molecular complexity index is 4020. The van der Waals surface area contributed by atoms with Gasteiger partial charge in [0.05, 0.1) is 11.4 Å². The fourth-order valence-corrected chi connectivity index (χ4v) is 11.8. The van der Waals surface area contributed by atoms with Crippen LogP contribution in [-0.4, -0.2) is 0 Å². The predicted molar refractivity (Wildman–Crippen MR) is 325 cm³/mol. The van der Waals surface area contributed by atoms with Crippen molar-refractivity contribution in [2.24, 2.45) is 0 Å². The van der Waals surface area contributed by atoms with E-state index in [1.54, 1.807) is 0 Å². The summed E-state index contributed by atoms with van der Waals surface area (Å²) in [5, 5.41) is 9.40. The maximum absolute atomic E-state index is 7.11. The molecule has 0 radical (unpaired) electrons. The molecule has 10 aromatic carbocycles. The van der Waals surface area contributed by atoms with Gasteiger partial charge in [-0.3, -0.25) is 0 Å². The van der Waals surface area contributed by atoms with E-state index in [1.165, 1.54) is 76.8 Å². The second-order valence-corrected chi connectivity index (χ2v) is 25.5. The molecule has 4 nitrogen and oxygen atoms in total. The number of hydrogen-bond acceptors (Lipinski definition) is 4. The second-order valence-electron chi connectivity index (χ2n) is 25.5. The van der Waals surface area contributed by atoms with E-state index in [2.05, 4.69) is 275 Å². The molecule has 1 aliphatic carbocycles. The number of benzene rings is 10. The van der Waals surface area contributed by atoms with Crippen molar-refractivity contribution in [3.63, 3.8) is 0 Å². The quantitative estimate of drug-likeness (QED) is 0.166. The summed E-state index contributed by atoms with van der Waals surface area (Å²) < 4.78 is 14.2. The van der Waals surface area contributed by atoms with Gasteiger partial charge in [-0.05, 0) is 174 Å². The van der Waals surface area contributed by atoms with Crippen LogP contribution in [0, 0.1) is 0 Å². The van der Waals surface area contributed by atoms with Gasteiger partial charge in [0.2, 0.25) is 0 Å². The lowest BCUT2D eigenvalue weighted by atomic mass is 9.78. The van der Waals surface area contributed by atoms with Crippen molar-refractivity contribution in [1.82, 2.24) is 0 Å². The van der Waals surface area contributed by atoms with Crippen molar-refractivity contribution in [1.29, 1.82) is 0 Å². The monoisotopic (exact) mass is 991 g/mol. The lowest BCUT2D eigenvalue weighted by Crippen LogP contribution is -2.16. The molecule has 0 amide bonds. The van der Waals surface area contributed by atoms with Crippen LogP contribution in [0.25, 0.3) is 87.7 Å². The van der Waals surface area contributed by atoms with Crippen LogP contribution in [0.5, 0.6) is 0 Å². The van der Waals surface area contributed by atoms with E-state index in [0.717, 1.165) is 67.2 Å². The molecule has 0 saturated heterocycles. The predicted octanol–water partition coefficient (Wildman–Crippen LogP) is 21.6. The maximum Gasteiger partial charge on any atom is 0.159 e. The van der Waals surface area contributed by atoms with Crippen molar-refractivity contribution in [3.05, 3.63) is 204 Å². The van der Waals surface area contributed by atoms with Gasteiger partial charge in [-0.25, -0.2) is 0 Å². The minimum atomic E-state index is -0.106. The molecule has 376 valence electrons.